The summed E-state index contributed by atoms with van der Waals surface area (Å²) >= 11 is 0. The summed E-state index contributed by atoms with van der Waals surface area (Å²) < 4.78 is 28.0. The second-order valence-electron chi connectivity index (χ2n) is 5.49. The summed E-state index contributed by atoms with van der Waals surface area (Å²) in [5.41, 5.74) is 1.50. The summed E-state index contributed by atoms with van der Waals surface area (Å²) in [5.74, 6) is 0.792. The summed E-state index contributed by atoms with van der Waals surface area (Å²) in [7, 11) is 0.157. The SMILES string of the molecule is Cn1nc(-c2cccc(CN3CCCS3(=O)=O)c2)n(C)c1=O. The number of rotatable bonds is 3. The number of nitrogens with zero attached hydrogens (tertiary/aromatic N) is 4. The highest BCUT2D eigenvalue weighted by molar-refractivity contribution is 7.89. The quantitative estimate of drug-likeness (QED) is 0.815. The van der Waals surface area contributed by atoms with Gasteiger partial charge in [-0.3, -0.25) is 4.57 Å². The van der Waals surface area contributed by atoms with Crippen LogP contribution >= 0.6 is 0 Å². The molecule has 1 aromatic carbocycles. The topological polar surface area (TPSA) is 77.2 Å². The van der Waals surface area contributed by atoms with E-state index in [0.717, 1.165) is 11.1 Å². The lowest BCUT2D eigenvalue weighted by Gasteiger charge is -2.14. The van der Waals surface area contributed by atoms with E-state index in [1.165, 1.54) is 13.6 Å². The van der Waals surface area contributed by atoms with E-state index in [1.807, 2.05) is 24.3 Å². The zero-order chi connectivity index (χ0) is 15.9. The van der Waals surface area contributed by atoms with Gasteiger partial charge >= 0.3 is 5.69 Å². The Balaban J connectivity index is 1.93. The van der Waals surface area contributed by atoms with Crippen molar-refractivity contribution in [3.05, 3.63) is 40.3 Å². The molecule has 118 valence electrons. The van der Waals surface area contributed by atoms with E-state index >= 15 is 0 Å². The molecule has 0 radical (unpaired) electrons. The Hall–Kier alpha value is -1.93. The molecule has 0 N–H and O–H groups in total. The van der Waals surface area contributed by atoms with E-state index in [-0.39, 0.29) is 11.4 Å². The van der Waals surface area contributed by atoms with Gasteiger partial charge in [0.15, 0.2) is 5.82 Å². The van der Waals surface area contributed by atoms with Crippen LogP contribution in [0.3, 0.4) is 0 Å². The lowest BCUT2D eigenvalue weighted by Crippen LogP contribution is -2.25. The second-order valence-corrected chi connectivity index (χ2v) is 7.58. The minimum absolute atomic E-state index is 0.192. The molecule has 0 spiro atoms. The Bertz CT molecular complexity index is 866. The standard InChI is InChI=1S/C14H18N4O3S/c1-16-13(15-17(2)14(16)19)12-6-3-5-11(9-12)10-18-7-4-8-22(18,20)21/h3,5-6,9H,4,7-8,10H2,1-2H3. The number of aryl methyl sites for hydroxylation is 1. The van der Waals surface area contributed by atoms with Crippen LogP contribution in [0.15, 0.2) is 29.1 Å². The Morgan fingerprint density at radius 3 is 2.64 bits per heavy atom. The first-order valence-electron chi connectivity index (χ1n) is 7.05. The molecule has 8 heteroatoms. The monoisotopic (exact) mass is 322 g/mol. The van der Waals surface area contributed by atoms with Gasteiger partial charge in [-0.1, -0.05) is 18.2 Å². The third-order valence-corrected chi connectivity index (χ3v) is 5.78. The largest absolute Gasteiger partial charge is 0.345 e. The summed E-state index contributed by atoms with van der Waals surface area (Å²) in [4.78, 5) is 11.8. The molecule has 0 bridgehead atoms. The fourth-order valence-electron chi connectivity index (χ4n) is 2.69. The molecule has 1 aliphatic heterocycles. The maximum absolute atomic E-state index is 11.9. The van der Waals surface area contributed by atoms with Crippen molar-refractivity contribution in [1.82, 2.24) is 18.7 Å². The molecule has 1 aromatic heterocycles. The first kappa shape index (κ1) is 15.0. The molecule has 3 rings (SSSR count). The molecule has 0 amide bonds. The molecule has 0 saturated carbocycles. The molecule has 22 heavy (non-hydrogen) atoms. The summed E-state index contributed by atoms with van der Waals surface area (Å²) in [5, 5.41) is 4.22. The van der Waals surface area contributed by atoms with Crippen LogP contribution in [0.5, 0.6) is 0 Å². The van der Waals surface area contributed by atoms with Gasteiger partial charge < -0.3 is 0 Å². The smallest absolute Gasteiger partial charge is 0.278 e. The maximum Gasteiger partial charge on any atom is 0.345 e. The van der Waals surface area contributed by atoms with E-state index in [9.17, 15) is 13.2 Å². The number of hydrogen-bond donors (Lipinski definition) is 0. The Morgan fingerprint density at radius 2 is 2.05 bits per heavy atom. The van der Waals surface area contributed by atoms with E-state index in [0.29, 0.717) is 25.3 Å². The minimum Gasteiger partial charge on any atom is -0.278 e. The third kappa shape index (κ3) is 2.59. The van der Waals surface area contributed by atoms with Crippen molar-refractivity contribution in [2.75, 3.05) is 12.3 Å². The predicted molar refractivity (Wildman–Crippen MR) is 82.7 cm³/mol. The molecule has 7 nitrogen and oxygen atoms in total. The number of aromatic nitrogens is 3. The van der Waals surface area contributed by atoms with Crippen molar-refractivity contribution in [3.8, 4) is 11.4 Å². The van der Waals surface area contributed by atoms with Gasteiger partial charge in [-0.2, -0.15) is 4.31 Å². The second kappa shape index (κ2) is 5.36. The zero-order valence-corrected chi connectivity index (χ0v) is 13.4. The maximum atomic E-state index is 11.9. The fourth-order valence-corrected chi connectivity index (χ4v) is 4.20. The van der Waals surface area contributed by atoms with Crippen LogP contribution in [-0.2, 0) is 30.7 Å². The highest BCUT2D eigenvalue weighted by Crippen LogP contribution is 2.21. The van der Waals surface area contributed by atoms with Crippen LogP contribution in [0.1, 0.15) is 12.0 Å². The fraction of sp³-hybridized carbons (Fsp3) is 0.429. The molecule has 1 saturated heterocycles. The molecular weight excluding hydrogens is 304 g/mol. The van der Waals surface area contributed by atoms with Crippen LogP contribution in [-0.4, -0.2) is 39.4 Å². The lowest BCUT2D eigenvalue weighted by molar-refractivity contribution is 0.440. The normalized spacial score (nSPS) is 17.9. The van der Waals surface area contributed by atoms with Crippen LogP contribution in [0.25, 0.3) is 11.4 Å². The Kier molecular flexibility index (Phi) is 3.65. The van der Waals surface area contributed by atoms with Crippen molar-refractivity contribution in [2.45, 2.75) is 13.0 Å². The van der Waals surface area contributed by atoms with Crippen LogP contribution < -0.4 is 5.69 Å². The van der Waals surface area contributed by atoms with E-state index in [4.69, 9.17) is 0 Å². The molecular formula is C14H18N4O3S. The summed E-state index contributed by atoms with van der Waals surface area (Å²) in [6.45, 7) is 0.922. The van der Waals surface area contributed by atoms with E-state index < -0.39 is 10.0 Å². The molecule has 0 unspecified atom stereocenters. The van der Waals surface area contributed by atoms with Gasteiger partial charge in [0.2, 0.25) is 10.0 Å². The highest BCUT2D eigenvalue weighted by atomic mass is 32.2. The molecule has 1 fully saturated rings. The third-order valence-electron chi connectivity index (χ3n) is 3.87. The predicted octanol–water partition coefficient (Wildman–Crippen LogP) is 0.321. The van der Waals surface area contributed by atoms with Gasteiger partial charge in [0.05, 0.1) is 5.75 Å². The van der Waals surface area contributed by atoms with Crippen LogP contribution in [0, 0.1) is 0 Å². The highest BCUT2D eigenvalue weighted by Gasteiger charge is 2.28. The van der Waals surface area contributed by atoms with Crippen molar-refractivity contribution in [3.63, 3.8) is 0 Å². The van der Waals surface area contributed by atoms with Crippen molar-refractivity contribution in [1.29, 1.82) is 0 Å². The molecule has 1 aliphatic rings. The Labute approximate surface area is 128 Å². The zero-order valence-electron chi connectivity index (χ0n) is 12.6. The number of hydrogen-bond acceptors (Lipinski definition) is 4. The van der Waals surface area contributed by atoms with Gasteiger partial charge in [-0.15, -0.1) is 5.10 Å². The molecule has 0 aliphatic carbocycles. The molecule has 2 heterocycles. The van der Waals surface area contributed by atoms with Crippen LogP contribution in [0.2, 0.25) is 0 Å². The van der Waals surface area contributed by atoms with Crippen molar-refractivity contribution in [2.24, 2.45) is 14.1 Å². The number of benzene rings is 1. The first-order valence-corrected chi connectivity index (χ1v) is 8.66. The summed E-state index contributed by atoms with van der Waals surface area (Å²) in [6, 6.07) is 7.49. The van der Waals surface area contributed by atoms with Gasteiger partial charge in [0.1, 0.15) is 0 Å². The average molecular weight is 322 g/mol. The number of sulfonamides is 1. The molecule has 2 aromatic rings. The van der Waals surface area contributed by atoms with E-state index in [2.05, 4.69) is 5.10 Å². The average Bonchev–Trinajstić information content (AvgIpc) is 2.94. The van der Waals surface area contributed by atoms with Gasteiger partial charge in [0, 0.05) is 32.7 Å². The van der Waals surface area contributed by atoms with Crippen molar-refractivity contribution < 1.29 is 8.42 Å². The lowest BCUT2D eigenvalue weighted by atomic mass is 10.1. The summed E-state index contributed by atoms with van der Waals surface area (Å²) in [6.07, 6.45) is 0.677. The van der Waals surface area contributed by atoms with Gasteiger partial charge in [0.25, 0.3) is 0 Å². The van der Waals surface area contributed by atoms with E-state index in [1.54, 1.807) is 14.1 Å². The van der Waals surface area contributed by atoms with Gasteiger partial charge in [-0.25, -0.2) is 17.9 Å². The van der Waals surface area contributed by atoms with Crippen molar-refractivity contribution >= 4 is 10.0 Å². The first-order chi connectivity index (χ1) is 10.4. The van der Waals surface area contributed by atoms with Crippen LogP contribution in [0.4, 0.5) is 0 Å². The minimum atomic E-state index is -3.12. The Morgan fingerprint density at radius 1 is 1.27 bits per heavy atom. The molecule has 0 atom stereocenters. The van der Waals surface area contributed by atoms with Gasteiger partial charge in [-0.05, 0) is 18.1 Å².